The maximum Gasteiger partial charge on any atom is 0.417 e. The summed E-state index contributed by atoms with van der Waals surface area (Å²) >= 11 is 1.13. The third kappa shape index (κ3) is 3.27. The molecule has 5 nitrogen and oxygen atoms in total. The number of alkyl halides is 3. The van der Waals surface area contributed by atoms with E-state index in [1.807, 2.05) is 19.9 Å². The molecule has 3 N–H and O–H groups in total. The number of carbonyl (C=O) groups excluding carboxylic acids is 1. The molecule has 0 unspecified atom stereocenters. The van der Waals surface area contributed by atoms with E-state index in [1.54, 1.807) is 0 Å². The Morgan fingerprint density at radius 1 is 1.28 bits per heavy atom. The zero-order valence-corrected chi connectivity index (χ0v) is 14.0. The molecule has 0 aromatic carbocycles. The van der Waals surface area contributed by atoms with Gasteiger partial charge in [0.1, 0.15) is 15.5 Å². The summed E-state index contributed by atoms with van der Waals surface area (Å²) in [5.41, 5.74) is 7.23. The summed E-state index contributed by atoms with van der Waals surface area (Å²) in [6.45, 7) is 3.75. The predicted octanol–water partition coefficient (Wildman–Crippen LogP) is 4.16. The van der Waals surface area contributed by atoms with E-state index < -0.39 is 17.6 Å². The van der Waals surface area contributed by atoms with Crippen molar-refractivity contribution in [2.75, 3.05) is 11.1 Å². The van der Waals surface area contributed by atoms with Crippen LogP contribution in [0.15, 0.2) is 24.4 Å². The number of nitrogen functional groups attached to an aromatic ring is 1. The van der Waals surface area contributed by atoms with E-state index in [0.717, 1.165) is 34.7 Å². The van der Waals surface area contributed by atoms with Gasteiger partial charge in [-0.3, -0.25) is 4.79 Å². The molecule has 0 aliphatic rings. The van der Waals surface area contributed by atoms with E-state index in [0.29, 0.717) is 22.1 Å². The lowest BCUT2D eigenvalue weighted by atomic mass is 10.1. The molecule has 130 valence electrons. The van der Waals surface area contributed by atoms with Crippen molar-refractivity contribution in [2.24, 2.45) is 0 Å². The van der Waals surface area contributed by atoms with Crippen LogP contribution in [0.3, 0.4) is 0 Å². The summed E-state index contributed by atoms with van der Waals surface area (Å²) < 4.78 is 37.6. The van der Waals surface area contributed by atoms with Crippen molar-refractivity contribution in [1.29, 1.82) is 0 Å². The average molecular weight is 366 g/mol. The van der Waals surface area contributed by atoms with Gasteiger partial charge in [0.05, 0.1) is 11.3 Å². The Hall–Kier alpha value is -2.68. The molecule has 3 rings (SSSR count). The Labute approximate surface area is 144 Å². The number of hydrogen-bond donors (Lipinski definition) is 2. The van der Waals surface area contributed by atoms with Gasteiger partial charge in [-0.2, -0.15) is 13.2 Å². The number of nitrogens with one attached hydrogen (secondary N) is 1. The van der Waals surface area contributed by atoms with E-state index in [1.165, 1.54) is 0 Å². The van der Waals surface area contributed by atoms with Gasteiger partial charge in [-0.15, -0.1) is 11.3 Å². The van der Waals surface area contributed by atoms with Crippen LogP contribution in [0.25, 0.3) is 10.2 Å². The molecule has 25 heavy (non-hydrogen) atoms. The van der Waals surface area contributed by atoms with E-state index in [4.69, 9.17) is 5.73 Å². The molecule has 0 saturated carbocycles. The molecule has 0 spiro atoms. The molecule has 9 heteroatoms. The zero-order chi connectivity index (χ0) is 18.4. The fourth-order valence-electron chi connectivity index (χ4n) is 2.21. The van der Waals surface area contributed by atoms with Gasteiger partial charge in [-0.1, -0.05) is 0 Å². The third-order valence-corrected chi connectivity index (χ3v) is 4.82. The lowest BCUT2D eigenvalue weighted by Crippen LogP contribution is -2.13. The largest absolute Gasteiger partial charge is 0.417 e. The maximum atomic E-state index is 12.5. The minimum absolute atomic E-state index is 0.00942. The smallest absolute Gasteiger partial charge is 0.397 e. The number of fused-ring (bicyclic) bond motifs is 1. The van der Waals surface area contributed by atoms with Crippen molar-refractivity contribution in [3.8, 4) is 0 Å². The first kappa shape index (κ1) is 17.2. The Morgan fingerprint density at radius 3 is 2.60 bits per heavy atom. The van der Waals surface area contributed by atoms with Gasteiger partial charge >= 0.3 is 6.18 Å². The van der Waals surface area contributed by atoms with Crippen LogP contribution >= 0.6 is 11.3 Å². The van der Waals surface area contributed by atoms with E-state index in [-0.39, 0.29) is 10.7 Å². The predicted molar refractivity (Wildman–Crippen MR) is 90.7 cm³/mol. The standard InChI is InChI=1S/C16H13F3N4OS/c1-7-5-10-12(20)13(25-15(10)22-8(7)2)14(24)23-11-4-3-9(6-21-11)16(17,18)19/h3-6H,20H2,1-2H3,(H,21,23,24). The van der Waals surface area contributed by atoms with Gasteiger partial charge in [-0.25, -0.2) is 9.97 Å². The van der Waals surface area contributed by atoms with Crippen LogP contribution in [0.2, 0.25) is 0 Å². The number of rotatable bonds is 2. The van der Waals surface area contributed by atoms with Crippen LogP contribution in [0.4, 0.5) is 24.7 Å². The Balaban J connectivity index is 1.89. The van der Waals surface area contributed by atoms with Gasteiger partial charge in [-0.05, 0) is 37.6 Å². The Morgan fingerprint density at radius 2 is 2.00 bits per heavy atom. The first-order valence-electron chi connectivity index (χ1n) is 7.17. The van der Waals surface area contributed by atoms with Crippen molar-refractivity contribution in [3.05, 3.63) is 46.1 Å². The summed E-state index contributed by atoms with van der Waals surface area (Å²) in [6.07, 6.45) is -3.81. The number of nitrogens with zero attached hydrogens (tertiary/aromatic N) is 2. The fraction of sp³-hybridized carbons (Fsp3) is 0.188. The van der Waals surface area contributed by atoms with Gasteiger partial charge in [0, 0.05) is 17.3 Å². The molecule has 0 atom stereocenters. The molecular formula is C16H13F3N4OS. The first-order valence-corrected chi connectivity index (χ1v) is 7.99. The Bertz CT molecular complexity index is 964. The second-order valence-corrected chi connectivity index (χ2v) is 6.47. The second-order valence-electron chi connectivity index (χ2n) is 5.47. The molecular weight excluding hydrogens is 353 g/mol. The number of thiophene rings is 1. The topological polar surface area (TPSA) is 80.9 Å². The number of aromatic nitrogens is 2. The molecule has 0 aliphatic carbocycles. The minimum Gasteiger partial charge on any atom is -0.397 e. The number of hydrogen-bond acceptors (Lipinski definition) is 5. The van der Waals surface area contributed by atoms with Crippen molar-refractivity contribution in [2.45, 2.75) is 20.0 Å². The van der Waals surface area contributed by atoms with Gasteiger partial charge in [0.15, 0.2) is 0 Å². The summed E-state index contributed by atoms with van der Waals surface area (Å²) in [7, 11) is 0. The van der Waals surface area contributed by atoms with Crippen LogP contribution in [-0.4, -0.2) is 15.9 Å². The first-order chi connectivity index (χ1) is 11.7. The highest BCUT2D eigenvalue weighted by Gasteiger charge is 2.30. The lowest BCUT2D eigenvalue weighted by molar-refractivity contribution is -0.137. The quantitative estimate of drug-likeness (QED) is 0.714. The van der Waals surface area contributed by atoms with Crippen molar-refractivity contribution >= 4 is 39.0 Å². The van der Waals surface area contributed by atoms with E-state index in [2.05, 4.69) is 15.3 Å². The fourth-order valence-corrected chi connectivity index (χ4v) is 3.22. The SMILES string of the molecule is Cc1cc2c(N)c(C(=O)Nc3ccc(C(F)(F)F)cn3)sc2nc1C. The number of aryl methyl sites for hydroxylation is 2. The van der Waals surface area contributed by atoms with Crippen LogP contribution in [0.1, 0.15) is 26.5 Å². The van der Waals surface area contributed by atoms with Gasteiger partial charge in [0.2, 0.25) is 0 Å². The molecule has 1 amide bonds. The third-order valence-electron chi connectivity index (χ3n) is 3.70. The second kappa shape index (κ2) is 5.99. The van der Waals surface area contributed by atoms with Crippen molar-refractivity contribution in [3.63, 3.8) is 0 Å². The average Bonchev–Trinajstić information content (AvgIpc) is 2.84. The van der Waals surface area contributed by atoms with Crippen LogP contribution in [-0.2, 0) is 6.18 Å². The number of carbonyl (C=O) groups is 1. The number of pyridine rings is 2. The zero-order valence-electron chi connectivity index (χ0n) is 13.2. The number of amides is 1. The normalized spacial score (nSPS) is 11.7. The summed E-state index contributed by atoms with van der Waals surface area (Å²) in [6, 6.07) is 3.80. The van der Waals surface area contributed by atoms with Crippen molar-refractivity contribution < 1.29 is 18.0 Å². The van der Waals surface area contributed by atoms with Crippen LogP contribution < -0.4 is 11.1 Å². The van der Waals surface area contributed by atoms with Crippen LogP contribution in [0.5, 0.6) is 0 Å². The summed E-state index contributed by atoms with van der Waals surface area (Å²) in [5.74, 6) is -0.529. The number of halogens is 3. The van der Waals surface area contributed by atoms with Gasteiger partial charge < -0.3 is 11.1 Å². The highest BCUT2D eigenvalue weighted by molar-refractivity contribution is 7.21. The highest BCUT2D eigenvalue weighted by Crippen LogP contribution is 2.34. The van der Waals surface area contributed by atoms with E-state index >= 15 is 0 Å². The molecule has 0 fully saturated rings. The summed E-state index contributed by atoms with van der Waals surface area (Å²) in [5, 5.41) is 3.13. The minimum atomic E-state index is -4.48. The molecule has 3 aromatic rings. The van der Waals surface area contributed by atoms with Crippen molar-refractivity contribution in [1.82, 2.24) is 9.97 Å². The maximum absolute atomic E-state index is 12.5. The molecule has 3 heterocycles. The summed E-state index contributed by atoms with van der Waals surface area (Å²) in [4.78, 5) is 21.3. The number of nitrogens with two attached hydrogens (primary N) is 1. The molecule has 0 aliphatic heterocycles. The molecule has 3 aromatic heterocycles. The van der Waals surface area contributed by atoms with E-state index in [9.17, 15) is 18.0 Å². The molecule has 0 bridgehead atoms. The molecule has 0 radical (unpaired) electrons. The Kier molecular flexibility index (Phi) is 4.11. The molecule has 0 saturated heterocycles. The van der Waals surface area contributed by atoms with Gasteiger partial charge in [0.25, 0.3) is 5.91 Å². The highest BCUT2D eigenvalue weighted by atomic mass is 32.1. The van der Waals surface area contributed by atoms with Crippen LogP contribution in [0, 0.1) is 13.8 Å². The number of anilines is 2. The lowest BCUT2D eigenvalue weighted by Gasteiger charge is -2.07. The monoisotopic (exact) mass is 366 g/mol.